The fourth-order valence-corrected chi connectivity index (χ4v) is 10.6. The maximum Gasteiger partial charge on any atom is 0.332 e. The summed E-state index contributed by atoms with van der Waals surface area (Å²) >= 11 is 0. The molecule has 6 rings (SSSR count). The Labute approximate surface area is 210 Å². The molecule has 12 atom stereocenters. The van der Waals surface area contributed by atoms with Gasteiger partial charge in [0.25, 0.3) is 0 Å². The number of nitrogens with two attached hydrogens (primary N) is 1. The van der Waals surface area contributed by atoms with Gasteiger partial charge in [-0.05, 0) is 112 Å². The zero-order chi connectivity index (χ0) is 24.7. The number of urea groups is 1. The second kappa shape index (κ2) is 8.42. The topological polar surface area (TPSA) is 111 Å². The fraction of sp³-hybridized carbons (Fsp3) is 0.929. The van der Waals surface area contributed by atoms with Crippen LogP contribution in [0, 0.1) is 52.8 Å². The van der Waals surface area contributed by atoms with Crippen LogP contribution in [0.25, 0.3) is 0 Å². The molecule has 0 bridgehead atoms. The maximum atomic E-state index is 11.9. The Morgan fingerprint density at radius 1 is 1.03 bits per heavy atom. The molecule has 5 N–H and O–H groups in total. The minimum absolute atomic E-state index is 0.104. The van der Waals surface area contributed by atoms with Crippen molar-refractivity contribution in [3.8, 4) is 0 Å². The second-order valence-electron chi connectivity index (χ2n) is 13.8. The first-order valence-electron chi connectivity index (χ1n) is 14.4. The SMILES string of the molecule is C[C@H]1CC[C@@H]2N(C1)C[C@H]1[C@@H]3C[C@H]4[C@H](C/C(=N\NC(N)=O)[C@H]5C[C@@H](O)CC[C@@]54C)[C@@H]3CC[C@@H]1[C@]2(C)O. The summed E-state index contributed by atoms with van der Waals surface area (Å²) in [5, 5.41) is 27.0. The number of rotatable bonds is 1. The third kappa shape index (κ3) is 3.70. The van der Waals surface area contributed by atoms with Crippen molar-refractivity contribution in [3.05, 3.63) is 0 Å². The molecule has 4 saturated carbocycles. The van der Waals surface area contributed by atoms with E-state index in [4.69, 9.17) is 5.73 Å². The van der Waals surface area contributed by atoms with E-state index in [0.717, 1.165) is 57.3 Å². The highest BCUT2D eigenvalue weighted by Gasteiger charge is 2.64. The molecule has 196 valence electrons. The highest BCUT2D eigenvalue weighted by molar-refractivity contribution is 5.90. The summed E-state index contributed by atoms with van der Waals surface area (Å²) in [6, 6.07) is -0.294. The van der Waals surface area contributed by atoms with E-state index in [-0.39, 0.29) is 17.4 Å². The van der Waals surface area contributed by atoms with Gasteiger partial charge < -0.3 is 15.9 Å². The lowest BCUT2D eigenvalue weighted by Crippen LogP contribution is -2.67. The lowest BCUT2D eigenvalue weighted by molar-refractivity contribution is -0.175. The van der Waals surface area contributed by atoms with Crippen LogP contribution >= 0.6 is 0 Å². The zero-order valence-corrected chi connectivity index (χ0v) is 21.8. The summed E-state index contributed by atoms with van der Waals surface area (Å²) in [5.41, 5.74) is 8.47. The largest absolute Gasteiger partial charge is 0.393 e. The number of nitrogens with zero attached hydrogens (tertiary/aromatic N) is 2. The summed E-state index contributed by atoms with van der Waals surface area (Å²) < 4.78 is 0. The predicted octanol–water partition coefficient (Wildman–Crippen LogP) is 3.34. The molecule has 4 aliphatic carbocycles. The van der Waals surface area contributed by atoms with Crippen LogP contribution in [0.3, 0.4) is 0 Å². The van der Waals surface area contributed by atoms with Gasteiger partial charge in [0.15, 0.2) is 0 Å². The van der Waals surface area contributed by atoms with Crippen LogP contribution in [0.4, 0.5) is 4.79 Å². The lowest BCUT2D eigenvalue weighted by atomic mass is 9.51. The molecule has 0 aromatic heterocycles. The highest BCUT2D eigenvalue weighted by atomic mass is 16.3. The Morgan fingerprint density at radius 3 is 2.60 bits per heavy atom. The first kappa shape index (κ1) is 24.2. The number of nitrogens with one attached hydrogen (secondary N) is 1. The molecule has 0 radical (unpaired) electrons. The number of piperidine rings is 2. The summed E-state index contributed by atoms with van der Waals surface area (Å²) in [5.74, 6) is 4.42. The monoisotopic (exact) mass is 486 g/mol. The molecule has 0 aromatic rings. The Balaban J connectivity index is 1.32. The number of fused-ring (bicyclic) bond motifs is 8. The summed E-state index contributed by atoms with van der Waals surface area (Å²) in [7, 11) is 0. The molecule has 2 heterocycles. The number of aliphatic hydroxyl groups excluding tert-OH is 1. The van der Waals surface area contributed by atoms with Crippen molar-refractivity contribution in [2.45, 2.75) is 96.3 Å². The molecular formula is C28H46N4O3. The van der Waals surface area contributed by atoms with E-state index >= 15 is 0 Å². The Kier molecular flexibility index (Phi) is 5.82. The minimum atomic E-state index is -0.614. The molecule has 2 aliphatic heterocycles. The maximum absolute atomic E-state index is 11.9. The van der Waals surface area contributed by atoms with Crippen LogP contribution in [0.2, 0.25) is 0 Å². The standard InChI is InChI=1S/C28H46N4O3/c1-15-4-7-25-28(3,35)21-6-5-17-18(20(21)14-32(25)13-15)11-22-19(17)12-24(30-31-26(29)34)23-10-16(33)8-9-27(22,23)2/h15-23,25,33,35H,4-14H2,1-3H3,(H3,29,31,34)/b30-24+/t15-,16-,17+,18+,19+,20-,21-,22-,23+,25-,27+,28-/m0/s1. The van der Waals surface area contributed by atoms with E-state index in [1.807, 2.05) is 0 Å². The molecule has 2 amide bonds. The van der Waals surface area contributed by atoms with Crippen LogP contribution in [0.15, 0.2) is 5.10 Å². The van der Waals surface area contributed by atoms with Crippen molar-refractivity contribution >= 4 is 11.7 Å². The molecule has 35 heavy (non-hydrogen) atoms. The normalized spacial score (nSPS) is 54.7. The third-order valence-corrected chi connectivity index (χ3v) is 12.1. The van der Waals surface area contributed by atoms with Gasteiger partial charge in [0.2, 0.25) is 0 Å². The van der Waals surface area contributed by atoms with Crippen LogP contribution in [-0.4, -0.2) is 57.7 Å². The summed E-state index contributed by atoms with van der Waals surface area (Å²) in [4.78, 5) is 14.1. The van der Waals surface area contributed by atoms with E-state index in [2.05, 4.69) is 36.2 Å². The molecule has 0 unspecified atom stereocenters. The quantitative estimate of drug-likeness (QED) is 0.426. The Bertz CT molecular complexity index is 891. The minimum Gasteiger partial charge on any atom is -0.393 e. The average Bonchev–Trinajstić information content (AvgIpc) is 3.18. The molecule has 0 aromatic carbocycles. The van der Waals surface area contributed by atoms with Gasteiger partial charge in [0.05, 0.1) is 11.7 Å². The van der Waals surface area contributed by atoms with E-state index < -0.39 is 11.6 Å². The van der Waals surface area contributed by atoms with Gasteiger partial charge >= 0.3 is 6.03 Å². The van der Waals surface area contributed by atoms with Crippen molar-refractivity contribution < 1.29 is 15.0 Å². The first-order valence-corrected chi connectivity index (χ1v) is 14.4. The number of carbonyl (C=O) groups is 1. The van der Waals surface area contributed by atoms with Gasteiger partial charge in [0.1, 0.15) is 0 Å². The number of carbonyl (C=O) groups excluding carboxylic acids is 1. The molecular weight excluding hydrogens is 440 g/mol. The molecule has 0 spiro atoms. The van der Waals surface area contributed by atoms with Crippen molar-refractivity contribution in [1.82, 2.24) is 10.3 Å². The number of primary amides is 1. The number of aliphatic hydroxyl groups is 2. The van der Waals surface area contributed by atoms with Crippen LogP contribution in [-0.2, 0) is 0 Å². The van der Waals surface area contributed by atoms with Gasteiger partial charge in [-0.3, -0.25) is 4.90 Å². The molecule has 6 fully saturated rings. The van der Waals surface area contributed by atoms with Crippen molar-refractivity contribution in [1.29, 1.82) is 0 Å². The van der Waals surface area contributed by atoms with E-state index in [9.17, 15) is 15.0 Å². The number of hydrazone groups is 1. The fourth-order valence-electron chi connectivity index (χ4n) is 10.6. The number of hydrogen-bond acceptors (Lipinski definition) is 5. The van der Waals surface area contributed by atoms with Crippen LogP contribution < -0.4 is 11.2 Å². The molecule has 2 saturated heterocycles. The smallest absolute Gasteiger partial charge is 0.332 e. The van der Waals surface area contributed by atoms with Crippen molar-refractivity contribution in [2.24, 2.45) is 63.6 Å². The summed E-state index contributed by atoms with van der Waals surface area (Å²) in [6.45, 7) is 9.24. The van der Waals surface area contributed by atoms with Crippen molar-refractivity contribution in [2.75, 3.05) is 13.1 Å². The molecule has 7 nitrogen and oxygen atoms in total. The predicted molar refractivity (Wildman–Crippen MR) is 135 cm³/mol. The third-order valence-electron chi connectivity index (χ3n) is 12.1. The van der Waals surface area contributed by atoms with E-state index in [1.165, 1.54) is 19.3 Å². The zero-order valence-electron chi connectivity index (χ0n) is 21.8. The van der Waals surface area contributed by atoms with Gasteiger partial charge in [-0.2, -0.15) is 5.10 Å². The highest BCUT2D eigenvalue weighted by Crippen LogP contribution is 2.66. The van der Waals surface area contributed by atoms with Gasteiger partial charge in [0, 0.05) is 30.8 Å². The number of hydrogen-bond donors (Lipinski definition) is 4. The van der Waals surface area contributed by atoms with Gasteiger partial charge in [-0.25, -0.2) is 10.2 Å². The molecule has 7 heteroatoms. The van der Waals surface area contributed by atoms with E-state index in [0.29, 0.717) is 47.5 Å². The second-order valence-corrected chi connectivity index (χ2v) is 13.8. The van der Waals surface area contributed by atoms with Crippen LogP contribution in [0.5, 0.6) is 0 Å². The lowest BCUT2D eigenvalue weighted by Gasteiger charge is -2.59. The summed E-state index contributed by atoms with van der Waals surface area (Å²) in [6.07, 6.45) is 9.19. The average molecular weight is 487 g/mol. The van der Waals surface area contributed by atoms with E-state index in [1.54, 1.807) is 0 Å². The Morgan fingerprint density at radius 2 is 1.83 bits per heavy atom. The molecule has 6 aliphatic rings. The van der Waals surface area contributed by atoms with Crippen LogP contribution in [0.1, 0.15) is 78.6 Å². The van der Waals surface area contributed by atoms with Gasteiger partial charge in [-0.1, -0.05) is 13.8 Å². The Hall–Kier alpha value is -1.18. The van der Waals surface area contributed by atoms with Crippen molar-refractivity contribution in [3.63, 3.8) is 0 Å². The number of amides is 2. The van der Waals surface area contributed by atoms with Gasteiger partial charge in [-0.15, -0.1) is 0 Å². The first-order chi connectivity index (χ1) is 16.6.